The van der Waals surface area contributed by atoms with Crippen LogP contribution in [0.4, 0.5) is 0 Å². The molecule has 0 aliphatic rings. The molecule has 1 unspecified atom stereocenters. The van der Waals surface area contributed by atoms with E-state index in [0.717, 1.165) is 0 Å². The van der Waals surface area contributed by atoms with Gasteiger partial charge in [0.25, 0.3) is 0 Å². The molecule has 0 bridgehead atoms. The summed E-state index contributed by atoms with van der Waals surface area (Å²) in [6.07, 6.45) is -0.0516. The molecule has 0 saturated carbocycles. The van der Waals surface area contributed by atoms with Crippen LogP contribution in [0.3, 0.4) is 0 Å². The Balaban J connectivity index is 2.72. The van der Waals surface area contributed by atoms with Crippen LogP contribution < -0.4 is 4.74 Å². The molecule has 0 aromatic heterocycles. The molecule has 1 aromatic carbocycles. The maximum atomic E-state index is 11.7. The molecule has 1 atom stereocenters. The Labute approximate surface area is 107 Å². The van der Waals surface area contributed by atoms with Gasteiger partial charge in [-0.15, -0.1) is 0 Å². The number of hydrogen-bond acceptors (Lipinski definition) is 4. The number of ether oxygens (including phenoxy) is 2. The van der Waals surface area contributed by atoms with Crippen LogP contribution in [0.1, 0.15) is 12.5 Å². The van der Waals surface area contributed by atoms with E-state index in [1.165, 1.54) is 0 Å². The maximum absolute atomic E-state index is 11.7. The van der Waals surface area contributed by atoms with Crippen LogP contribution >= 0.6 is 7.60 Å². The van der Waals surface area contributed by atoms with Gasteiger partial charge in [0.05, 0.1) is 19.4 Å². The van der Waals surface area contributed by atoms with Crippen molar-refractivity contribution in [2.24, 2.45) is 0 Å². The second kappa shape index (κ2) is 7.54. The lowest BCUT2D eigenvalue weighted by molar-refractivity contribution is 0.146. The summed E-state index contributed by atoms with van der Waals surface area (Å²) < 4.78 is 26.9. The maximum Gasteiger partial charge on any atom is 0.332 e. The summed E-state index contributed by atoms with van der Waals surface area (Å²) in [5.41, 5.74) is 0.660. The summed E-state index contributed by atoms with van der Waals surface area (Å²) in [6.45, 7) is 2.76. The van der Waals surface area contributed by atoms with Crippen LogP contribution in [0.2, 0.25) is 0 Å². The van der Waals surface area contributed by atoms with Gasteiger partial charge in [-0.25, -0.2) is 0 Å². The summed E-state index contributed by atoms with van der Waals surface area (Å²) in [7, 11) is -2.00. The average molecular weight is 274 g/mol. The molecule has 0 amide bonds. The molecule has 0 aliphatic heterocycles. The smallest absolute Gasteiger partial charge is 0.332 e. The van der Waals surface area contributed by atoms with Gasteiger partial charge in [0, 0.05) is 12.7 Å². The SMILES string of the molecule is CCOP(=O)(O)Cc1ccccc1OCCOC. The molecule has 0 radical (unpaired) electrons. The Morgan fingerprint density at radius 2 is 2.00 bits per heavy atom. The average Bonchev–Trinajstić information content (AvgIpc) is 2.31. The first-order valence-corrected chi connectivity index (χ1v) is 7.51. The highest BCUT2D eigenvalue weighted by atomic mass is 31.2. The third-order valence-electron chi connectivity index (χ3n) is 2.22. The summed E-state index contributed by atoms with van der Waals surface area (Å²) in [4.78, 5) is 9.62. The minimum atomic E-state index is -3.59. The van der Waals surface area contributed by atoms with Gasteiger partial charge in [-0.05, 0) is 13.0 Å². The highest BCUT2D eigenvalue weighted by Gasteiger charge is 2.21. The standard InChI is InChI=1S/C12H19O5P/c1-3-17-18(13,14)10-11-6-4-5-7-12(11)16-9-8-15-2/h4-7H,3,8-10H2,1-2H3,(H,13,14). The van der Waals surface area contributed by atoms with E-state index in [9.17, 15) is 9.46 Å². The molecule has 6 heteroatoms. The monoisotopic (exact) mass is 274 g/mol. The zero-order chi connectivity index (χ0) is 13.4. The van der Waals surface area contributed by atoms with Gasteiger partial charge in [0.15, 0.2) is 0 Å². The lowest BCUT2D eigenvalue weighted by atomic mass is 10.2. The van der Waals surface area contributed by atoms with Crippen LogP contribution in [-0.4, -0.2) is 31.8 Å². The predicted molar refractivity (Wildman–Crippen MR) is 69.0 cm³/mol. The Morgan fingerprint density at radius 1 is 1.28 bits per heavy atom. The van der Waals surface area contributed by atoms with Crippen molar-refractivity contribution in [2.75, 3.05) is 26.9 Å². The third kappa shape index (κ3) is 5.19. The van der Waals surface area contributed by atoms with Gasteiger partial charge in [0.1, 0.15) is 12.4 Å². The number of hydrogen-bond donors (Lipinski definition) is 1. The van der Waals surface area contributed by atoms with Gasteiger partial charge in [-0.2, -0.15) is 0 Å². The highest BCUT2D eigenvalue weighted by molar-refractivity contribution is 7.51. The number of para-hydroxylation sites is 1. The van der Waals surface area contributed by atoms with Gasteiger partial charge in [0.2, 0.25) is 0 Å². The van der Waals surface area contributed by atoms with Gasteiger partial charge >= 0.3 is 7.60 Å². The predicted octanol–water partition coefficient (Wildman–Crippen LogP) is 2.43. The second-order valence-corrected chi connectivity index (χ2v) is 5.51. The Morgan fingerprint density at radius 3 is 2.67 bits per heavy atom. The molecule has 102 valence electrons. The molecule has 0 spiro atoms. The van der Waals surface area contributed by atoms with E-state index in [4.69, 9.17) is 14.0 Å². The molecule has 1 rings (SSSR count). The van der Waals surface area contributed by atoms with E-state index in [-0.39, 0.29) is 12.8 Å². The van der Waals surface area contributed by atoms with Crippen molar-refractivity contribution >= 4 is 7.60 Å². The Hall–Kier alpha value is -0.870. The third-order valence-corrected chi connectivity index (χ3v) is 3.62. The van der Waals surface area contributed by atoms with Crippen LogP contribution in [0.5, 0.6) is 5.75 Å². The largest absolute Gasteiger partial charge is 0.491 e. The zero-order valence-corrected chi connectivity index (χ0v) is 11.6. The lowest BCUT2D eigenvalue weighted by Gasteiger charge is -2.14. The number of methoxy groups -OCH3 is 1. The van der Waals surface area contributed by atoms with Crippen molar-refractivity contribution in [2.45, 2.75) is 13.1 Å². The topological polar surface area (TPSA) is 65.0 Å². The Bertz CT molecular complexity index is 407. The molecule has 0 heterocycles. The fourth-order valence-electron chi connectivity index (χ4n) is 1.47. The van der Waals surface area contributed by atoms with Crippen LogP contribution in [-0.2, 0) is 20.0 Å². The van der Waals surface area contributed by atoms with Gasteiger partial charge in [-0.1, -0.05) is 18.2 Å². The molecule has 1 aromatic rings. The minimum absolute atomic E-state index is 0.0516. The molecule has 5 nitrogen and oxygen atoms in total. The van der Waals surface area contributed by atoms with E-state index in [1.807, 2.05) is 6.07 Å². The summed E-state index contributed by atoms with van der Waals surface area (Å²) in [5.74, 6) is 0.587. The first-order chi connectivity index (χ1) is 8.59. The number of benzene rings is 1. The molecule has 0 aliphatic carbocycles. The minimum Gasteiger partial charge on any atom is -0.491 e. The van der Waals surface area contributed by atoms with E-state index in [0.29, 0.717) is 24.5 Å². The summed E-state index contributed by atoms with van der Waals surface area (Å²) >= 11 is 0. The van der Waals surface area contributed by atoms with Crippen molar-refractivity contribution in [1.82, 2.24) is 0 Å². The molecule has 1 N–H and O–H groups in total. The van der Waals surface area contributed by atoms with Crippen LogP contribution in [0.25, 0.3) is 0 Å². The fourth-order valence-corrected chi connectivity index (χ4v) is 2.66. The summed E-state index contributed by atoms with van der Waals surface area (Å²) in [6, 6.07) is 7.13. The van der Waals surface area contributed by atoms with Gasteiger partial charge < -0.3 is 18.9 Å². The van der Waals surface area contributed by atoms with E-state index < -0.39 is 7.60 Å². The lowest BCUT2D eigenvalue weighted by Crippen LogP contribution is -2.06. The van der Waals surface area contributed by atoms with E-state index >= 15 is 0 Å². The summed E-state index contributed by atoms with van der Waals surface area (Å²) in [5, 5.41) is 0. The van der Waals surface area contributed by atoms with Crippen molar-refractivity contribution < 1.29 is 23.5 Å². The quantitative estimate of drug-likeness (QED) is 0.582. The molecule has 0 saturated heterocycles. The van der Waals surface area contributed by atoms with Crippen molar-refractivity contribution in [3.05, 3.63) is 29.8 Å². The fraction of sp³-hybridized carbons (Fsp3) is 0.500. The Kier molecular flexibility index (Phi) is 6.36. The van der Waals surface area contributed by atoms with Crippen molar-refractivity contribution in [3.8, 4) is 5.75 Å². The molecule has 0 fully saturated rings. The van der Waals surface area contributed by atoms with E-state index in [2.05, 4.69) is 0 Å². The number of rotatable bonds is 8. The molecular formula is C12H19O5P. The highest BCUT2D eigenvalue weighted by Crippen LogP contribution is 2.47. The first-order valence-electron chi connectivity index (χ1n) is 5.75. The normalized spacial score (nSPS) is 14.2. The van der Waals surface area contributed by atoms with Crippen molar-refractivity contribution in [1.29, 1.82) is 0 Å². The van der Waals surface area contributed by atoms with Crippen LogP contribution in [0, 0.1) is 0 Å². The van der Waals surface area contributed by atoms with Crippen LogP contribution in [0.15, 0.2) is 24.3 Å². The zero-order valence-electron chi connectivity index (χ0n) is 10.7. The van der Waals surface area contributed by atoms with Crippen molar-refractivity contribution in [3.63, 3.8) is 0 Å². The first kappa shape index (κ1) is 15.2. The van der Waals surface area contributed by atoms with E-state index in [1.54, 1.807) is 32.2 Å². The molecule has 18 heavy (non-hydrogen) atoms. The molecular weight excluding hydrogens is 255 g/mol. The second-order valence-electron chi connectivity index (χ2n) is 3.66. The van der Waals surface area contributed by atoms with Gasteiger partial charge in [-0.3, -0.25) is 4.57 Å².